The van der Waals surface area contributed by atoms with Gasteiger partial charge in [0.05, 0.1) is 18.6 Å². The molecule has 1 aliphatic rings. The van der Waals surface area contributed by atoms with Gasteiger partial charge in [-0.2, -0.15) is 0 Å². The van der Waals surface area contributed by atoms with E-state index in [0.29, 0.717) is 12.3 Å². The van der Waals surface area contributed by atoms with E-state index in [-0.39, 0.29) is 5.91 Å². The predicted molar refractivity (Wildman–Crippen MR) is 77.8 cm³/mol. The van der Waals surface area contributed by atoms with Crippen LogP contribution < -0.4 is 15.4 Å². The van der Waals surface area contributed by atoms with E-state index in [9.17, 15) is 9.90 Å². The van der Waals surface area contributed by atoms with Crippen LogP contribution in [0.4, 0.5) is 5.69 Å². The van der Waals surface area contributed by atoms with Crippen molar-refractivity contribution in [1.82, 2.24) is 0 Å². The molecule has 1 aliphatic heterocycles. The number of amides is 1. The van der Waals surface area contributed by atoms with Crippen molar-refractivity contribution in [2.24, 2.45) is 11.1 Å². The average Bonchev–Trinajstić information content (AvgIpc) is 2.81. The van der Waals surface area contributed by atoms with Gasteiger partial charge in [0, 0.05) is 24.3 Å². The van der Waals surface area contributed by atoms with Crippen LogP contribution >= 0.6 is 0 Å². The first kappa shape index (κ1) is 14.7. The summed E-state index contributed by atoms with van der Waals surface area (Å²) in [6, 6.07) is 5.66. The van der Waals surface area contributed by atoms with Crippen LogP contribution in [0.5, 0.6) is 5.75 Å². The Morgan fingerprint density at radius 2 is 2.25 bits per heavy atom. The molecule has 1 fully saturated rings. The minimum Gasteiger partial charge on any atom is -0.496 e. The average molecular weight is 278 g/mol. The van der Waals surface area contributed by atoms with Crippen molar-refractivity contribution >= 4 is 11.6 Å². The van der Waals surface area contributed by atoms with E-state index in [0.717, 1.165) is 24.2 Å². The van der Waals surface area contributed by atoms with Crippen LogP contribution in [0.3, 0.4) is 0 Å². The number of nitrogens with two attached hydrogens (primary N) is 1. The van der Waals surface area contributed by atoms with Gasteiger partial charge >= 0.3 is 0 Å². The molecule has 0 aromatic heterocycles. The Bertz CT molecular complexity index is 516. The van der Waals surface area contributed by atoms with Gasteiger partial charge in [0.2, 0.25) is 5.91 Å². The molecular formula is C15H22N2O3. The molecule has 0 saturated carbocycles. The Balaban J connectivity index is 2.37. The number of aliphatic hydroxyl groups is 1. The summed E-state index contributed by atoms with van der Waals surface area (Å²) in [6.07, 6.45) is 0.0836. The van der Waals surface area contributed by atoms with Crippen molar-refractivity contribution in [1.29, 1.82) is 0 Å². The van der Waals surface area contributed by atoms with Crippen molar-refractivity contribution in [3.8, 4) is 5.75 Å². The van der Waals surface area contributed by atoms with E-state index < -0.39 is 11.5 Å². The van der Waals surface area contributed by atoms with Crippen molar-refractivity contribution in [3.05, 3.63) is 23.8 Å². The fourth-order valence-electron chi connectivity index (χ4n) is 2.77. The minimum atomic E-state index is -0.637. The molecule has 1 amide bonds. The van der Waals surface area contributed by atoms with Crippen LogP contribution in [0.1, 0.15) is 31.9 Å². The molecule has 2 rings (SSSR count). The summed E-state index contributed by atoms with van der Waals surface area (Å²) < 4.78 is 5.33. The maximum Gasteiger partial charge on any atom is 0.225 e. The van der Waals surface area contributed by atoms with Gasteiger partial charge in [0.1, 0.15) is 5.75 Å². The molecule has 1 heterocycles. The normalized spacial score (nSPS) is 23.7. The number of ether oxygens (including phenoxy) is 1. The highest BCUT2D eigenvalue weighted by Gasteiger charge is 2.39. The second-order valence-electron chi connectivity index (χ2n) is 5.67. The zero-order chi connectivity index (χ0) is 14.9. The third-order valence-electron chi connectivity index (χ3n) is 4.09. The second kappa shape index (κ2) is 5.32. The van der Waals surface area contributed by atoms with E-state index >= 15 is 0 Å². The summed E-state index contributed by atoms with van der Waals surface area (Å²) in [6.45, 7) is 4.91. The topological polar surface area (TPSA) is 75.8 Å². The fourth-order valence-corrected chi connectivity index (χ4v) is 2.77. The zero-order valence-electron chi connectivity index (χ0n) is 12.2. The van der Waals surface area contributed by atoms with Gasteiger partial charge < -0.3 is 20.5 Å². The van der Waals surface area contributed by atoms with Crippen LogP contribution in [0.2, 0.25) is 0 Å². The van der Waals surface area contributed by atoms with E-state index in [2.05, 4.69) is 4.90 Å². The molecule has 0 radical (unpaired) electrons. The summed E-state index contributed by atoms with van der Waals surface area (Å²) in [4.78, 5) is 13.7. The third kappa shape index (κ3) is 2.45. The molecule has 0 aliphatic carbocycles. The molecule has 3 N–H and O–H groups in total. The molecule has 2 atom stereocenters. The van der Waals surface area contributed by atoms with Gasteiger partial charge in [0.25, 0.3) is 0 Å². The summed E-state index contributed by atoms with van der Waals surface area (Å²) in [7, 11) is 1.59. The molecule has 110 valence electrons. The molecule has 1 unspecified atom stereocenters. The lowest BCUT2D eigenvalue weighted by Crippen LogP contribution is -2.37. The van der Waals surface area contributed by atoms with Crippen molar-refractivity contribution in [2.45, 2.75) is 26.4 Å². The number of carbonyl (C=O) groups excluding carboxylic acids is 1. The summed E-state index contributed by atoms with van der Waals surface area (Å²) >= 11 is 0. The van der Waals surface area contributed by atoms with E-state index in [1.54, 1.807) is 14.0 Å². The van der Waals surface area contributed by atoms with Gasteiger partial charge in [-0.1, -0.05) is 6.07 Å². The number of primary amides is 1. The van der Waals surface area contributed by atoms with Crippen LogP contribution in [0.25, 0.3) is 0 Å². The smallest absolute Gasteiger partial charge is 0.225 e. The van der Waals surface area contributed by atoms with Crippen LogP contribution in [0.15, 0.2) is 18.2 Å². The van der Waals surface area contributed by atoms with Gasteiger partial charge in [-0.3, -0.25) is 4.79 Å². The van der Waals surface area contributed by atoms with E-state index in [1.807, 2.05) is 25.1 Å². The number of carbonyl (C=O) groups is 1. The number of rotatable bonds is 4. The standard InChI is InChI=1S/C15H22N2O3/c1-10(18)13-11(5-4-6-12(13)20-3)17-8-7-15(2,9-17)14(16)19/h4-6,10,18H,7-9H2,1-3H3,(H2,16,19)/t10-,15?/m0/s1. The van der Waals surface area contributed by atoms with E-state index in [1.165, 1.54) is 0 Å². The predicted octanol–water partition coefficient (Wildman–Crippen LogP) is 1.45. The number of aliphatic hydroxyl groups excluding tert-OH is 1. The molecule has 1 aromatic rings. The first-order valence-corrected chi connectivity index (χ1v) is 6.79. The minimum absolute atomic E-state index is 0.276. The van der Waals surface area contributed by atoms with Crippen LogP contribution in [-0.4, -0.2) is 31.2 Å². The van der Waals surface area contributed by atoms with Crippen molar-refractivity contribution < 1.29 is 14.6 Å². The van der Waals surface area contributed by atoms with Crippen LogP contribution in [0, 0.1) is 5.41 Å². The Morgan fingerprint density at radius 1 is 1.55 bits per heavy atom. The number of hydrogen-bond donors (Lipinski definition) is 2. The molecule has 5 nitrogen and oxygen atoms in total. The third-order valence-corrected chi connectivity index (χ3v) is 4.09. The molecular weight excluding hydrogens is 256 g/mol. The number of hydrogen-bond acceptors (Lipinski definition) is 4. The number of benzene rings is 1. The molecule has 20 heavy (non-hydrogen) atoms. The Labute approximate surface area is 119 Å². The number of nitrogens with zero attached hydrogens (tertiary/aromatic N) is 1. The maximum absolute atomic E-state index is 11.6. The molecule has 0 bridgehead atoms. The lowest BCUT2D eigenvalue weighted by atomic mass is 9.89. The number of methoxy groups -OCH3 is 1. The zero-order valence-corrected chi connectivity index (χ0v) is 12.2. The Kier molecular flexibility index (Phi) is 3.90. The Hall–Kier alpha value is -1.75. The highest BCUT2D eigenvalue weighted by atomic mass is 16.5. The highest BCUT2D eigenvalue weighted by Crippen LogP contribution is 2.39. The Morgan fingerprint density at radius 3 is 2.75 bits per heavy atom. The van der Waals surface area contributed by atoms with Gasteiger partial charge in [-0.05, 0) is 32.4 Å². The van der Waals surface area contributed by atoms with Crippen LogP contribution in [-0.2, 0) is 4.79 Å². The largest absolute Gasteiger partial charge is 0.496 e. The van der Waals surface area contributed by atoms with Gasteiger partial charge in [0.15, 0.2) is 0 Å². The highest BCUT2D eigenvalue weighted by molar-refractivity contribution is 5.82. The SMILES string of the molecule is COc1cccc(N2CCC(C)(C(N)=O)C2)c1[C@H](C)O. The first-order valence-electron chi connectivity index (χ1n) is 6.79. The molecule has 1 saturated heterocycles. The number of anilines is 1. The maximum atomic E-state index is 11.6. The van der Waals surface area contributed by atoms with Gasteiger partial charge in [-0.15, -0.1) is 0 Å². The summed E-state index contributed by atoms with van der Waals surface area (Å²) in [5.74, 6) is 0.381. The van der Waals surface area contributed by atoms with Crippen molar-refractivity contribution in [2.75, 3.05) is 25.1 Å². The molecule has 0 spiro atoms. The van der Waals surface area contributed by atoms with Crippen molar-refractivity contribution in [3.63, 3.8) is 0 Å². The van der Waals surface area contributed by atoms with E-state index in [4.69, 9.17) is 10.5 Å². The molecule has 1 aromatic carbocycles. The first-order chi connectivity index (χ1) is 9.39. The fraction of sp³-hybridized carbons (Fsp3) is 0.533. The molecule has 5 heteroatoms. The summed E-state index contributed by atoms with van der Waals surface area (Å²) in [5.41, 5.74) is 6.63. The second-order valence-corrected chi connectivity index (χ2v) is 5.67. The van der Waals surface area contributed by atoms with Gasteiger partial charge in [-0.25, -0.2) is 0 Å². The monoisotopic (exact) mass is 278 g/mol. The lowest BCUT2D eigenvalue weighted by Gasteiger charge is -2.26. The summed E-state index contributed by atoms with van der Waals surface area (Å²) in [5, 5.41) is 10.0. The lowest BCUT2D eigenvalue weighted by molar-refractivity contribution is -0.125. The quantitative estimate of drug-likeness (QED) is 0.874.